The minimum absolute atomic E-state index is 0.500. The van der Waals surface area contributed by atoms with Crippen LogP contribution in [0, 0.1) is 12.3 Å². The molecular formula is C12H18N2S. The van der Waals surface area contributed by atoms with Crippen molar-refractivity contribution in [1.29, 1.82) is 0 Å². The zero-order valence-electron chi connectivity index (χ0n) is 9.36. The average molecular weight is 222 g/mol. The van der Waals surface area contributed by atoms with Gasteiger partial charge in [-0.3, -0.25) is 4.90 Å². The van der Waals surface area contributed by atoms with Gasteiger partial charge in [0.2, 0.25) is 0 Å². The highest BCUT2D eigenvalue weighted by Crippen LogP contribution is 2.11. The van der Waals surface area contributed by atoms with Crippen LogP contribution in [-0.4, -0.2) is 31.1 Å². The average Bonchev–Trinajstić information content (AvgIpc) is 2.70. The van der Waals surface area contributed by atoms with E-state index in [2.05, 4.69) is 47.6 Å². The Balaban J connectivity index is 2.27. The molecule has 3 heteroatoms. The van der Waals surface area contributed by atoms with E-state index < -0.39 is 0 Å². The fourth-order valence-corrected chi connectivity index (χ4v) is 2.08. The molecule has 0 saturated carbocycles. The molecule has 1 unspecified atom stereocenters. The van der Waals surface area contributed by atoms with E-state index in [1.165, 1.54) is 4.88 Å². The molecule has 1 aromatic rings. The maximum atomic E-state index is 5.18. The Kier molecular flexibility index (Phi) is 5.41. The Morgan fingerprint density at radius 3 is 3.07 bits per heavy atom. The Labute approximate surface area is 96.3 Å². The fourth-order valence-electron chi connectivity index (χ4n) is 1.31. The summed E-state index contributed by atoms with van der Waals surface area (Å²) in [6.45, 7) is 4.80. The SMILES string of the molecule is C#CCNCC(C)N(C)Cc1cccs1. The third-order valence-corrected chi connectivity index (χ3v) is 3.27. The number of nitrogens with zero attached hydrogens (tertiary/aromatic N) is 1. The van der Waals surface area contributed by atoms with E-state index in [0.29, 0.717) is 12.6 Å². The molecule has 1 atom stereocenters. The van der Waals surface area contributed by atoms with E-state index in [1.54, 1.807) is 11.3 Å². The van der Waals surface area contributed by atoms with Crippen LogP contribution < -0.4 is 5.32 Å². The summed E-state index contributed by atoms with van der Waals surface area (Å²) in [5.41, 5.74) is 0. The molecule has 1 heterocycles. The zero-order chi connectivity index (χ0) is 11.1. The fraction of sp³-hybridized carbons (Fsp3) is 0.500. The molecule has 0 aromatic carbocycles. The quantitative estimate of drug-likeness (QED) is 0.583. The van der Waals surface area contributed by atoms with Gasteiger partial charge >= 0.3 is 0 Å². The largest absolute Gasteiger partial charge is 0.305 e. The molecule has 0 bridgehead atoms. The van der Waals surface area contributed by atoms with Crippen molar-refractivity contribution in [2.45, 2.75) is 19.5 Å². The van der Waals surface area contributed by atoms with Crippen molar-refractivity contribution in [2.24, 2.45) is 0 Å². The van der Waals surface area contributed by atoms with Crippen molar-refractivity contribution in [3.05, 3.63) is 22.4 Å². The van der Waals surface area contributed by atoms with Gasteiger partial charge in [-0.15, -0.1) is 17.8 Å². The first-order valence-electron chi connectivity index (χ1n) is 5.11. The van der Waals surface area contributed by atoms with Gasteiger partial charge in [-0.2, -0.15) is 0 Å². The molecule has 0 spiro atoms. The summed E-state index contributed by atoms with van der Waals surface area (Å²) in [5, 5.41) is 5.34. The van der Waals surface area contributed by atoms with E-state index in [0.717, 1.165) is 13.1 Å². The second kappa shape index (κ2) is 6.62. The minimum Gasteiger partial charge on any atom is -0.305 e. The minimum atomic E-state index is 0.500. The lowest BCUT2D eigenvalue weighted by Crippen LogP contribution is -2.37. The van der Waals surface area contributed by atoms with Gasteiger partial charge in [-0.1, -0.05) is 12.0 Å². The van der Waals surface area contributed by atoms with E-state index in [9.17, 15) is 0 Å². The van der Waals surface area contributed by atoms with Gasteiger partial charge < -0.3 is 5.32 Å². The van der Waals surface area contributed by atoms with Crippen molar-refractivity contribution < 1.29 is 0 Å². The molecule has 0 amide bonds. The summed E-state index contributed by atoms with van der Waals surface area (Å²) in [5.74, 6) is 2.58. The molecule has 0 fully saturated rings. The number of thiophene rings is 1. The van der Waals surface area contributed by atoms with Crippen molar-refractivity contribution >= 4 is 11.3 Å². The zero-order valence-corrected chi connectivity index (χ0v) is 10.2. The highest BCUT2D eigenvalue weighted by molar-refractivity contribution is 7.09. The van der Waals surface area contributed by atoms with Crippen molar-refractivity contribution in [3.63, 3.8) is 0 Å². The first kappa shape index (κ1) is 12.3. The second-order valence-electron chi connectivity index (χ2n) is 3.68. The highest BCUT2D eigenvalue weighted by atomic mass is 32.1. The molecule has 1 rings (SSSR count). The number of likely N-dealkylation sites (N-methyl/N-ethyl adjacent to an activating group) is 1. The lowest BCUT2D eigenvalue weighted by atomic mass is 10.3. The Bertz CT molecular complexity index is 300. The summed E-state index contributed by atoms with van der Waals surface area (Å²) in [6.07, 6.45) is 5.18. The van der Waals surface area contributed by atoms with Gasteiger partial charge in [-0.05, 0) is 25.4 Å². The van der Waals surface area contributed by atoms with Crippen molar-refractivity contribution in [3.8, 4) is 12.3 Å². The standard InChI is InChI=1S/C12H18N2S/c1-4-7-13-9-11(2)14(3)10-12-6-5-8-15-12/h1,5-6,8,11,13H,7,9-10H2,2-3H3. The maximum absolute atomic E-state index is 5.18. The molecule has 0 saturated heterocycles. The van der Waals surface area contributed by atoms with E-state index in [4.69, 9.17) is 6.42 Å². The molecule has 0 radical (unpaired) electrons. The molecule has 1 N–H and O–H groups in total. The Morgan fingerprint density at radius 2 is 2.47 bits per heavy atom. The lowest BCUT2D eigenvalue weighted by molar-refractivity contribution is 0.247. The number of nitrogens with one attached hydrogen (secondary N) is 1. The third kappa shape index (κ3) is 4.48. The smallest absolute Gasteiger partial charge is 0.0574 e. The van der Waals surface area contributed by atoms with Crippen molar-refractivity contribution in [2.75, 3.05) is 20.1 Å². The number of hydrogen-bond acceptors (Lipinski definition) is 3. The molecule has 82 valence electrons. The van der Waals surface area contributed by atoms with Gasteiger partial charge in [0.05, 0.1) is 6.54 Å². The summed E-state index contributed by atoms with van der Waals surface area (Å²) >= 11 is 1.80. The molecule has 15 heavy (non-hydrogen) atoms. The van der Waals surface area contributed by atoms with E-state index >= 15 is 0 Å². The van der Waals surface area contributed by atoms with E-state index in [1.807, 2.05) is 0 Å². The van der Waals surface area contributed by atoms with Gasteiger partial charge in [-0.25, -0.2) is 0 Å². The summed E-state index contributed by atoms with van der Waals surface area (Å²) in [7, 11) is 2.14. The number of hydrogen-bond donors (Lipinski definition) is 1. The normalized spacial score (nSPS) is 12.7. The molecule has 0 aliphatic rings. The van der Waals surface area contributed by atoms with Crippen LogP contribution in [0.25, 0.3) is 0 Å². The third-order valence-electron chi connectivity index (χ3n) is 2.40. The predicted molar refractivity (Wildman–Crippen MR) is 67.0 cm³/mol. The van der Waals surface area contributed by atoms with Crippen LogP contribution in [0.4, 0.5) is 0 Å². The van der Waals surface area contributed by atoms with Crippen LogP contribution in [0.5, 0.6) is 0 Å². The maximum Gasteiger partial charge on any atom is 0.0574 e. The van der Waals surface area contributed by atoms with Crippen LogP contribution in [0.15, 0.2) is 17.5 Å². The number of rotatable bonds is 6. The van der Waals surface area contributed by atoms with Crippen LogP contribution in [-0.2, 0) is 6.54 Å². The summed E-state index contributed by atoms with van der Waals surface area (Å²) in [6, 6.07) is 4.76. The molecule has 2 nitrogen and oxygen atoms in total. The van der Waals surface area contributed by atoms with Gasteiger partial charge in [0.15, 0.2) is 0 Å². The van der Waals surface area contributed by atoms with Crippen LogP contribution >= 0.6 is 11.3 Å². The van der Waals surface area contributed by atoms with Crippen LogP contribution in [0.3, 0.4) is 0 Å². The molecule has 1 aromatic heterocycles. The van der Waals surface area contributed by atoms with Gasteiger partial charge in [0.25, 0.3) is 0 Å². The Hall–Kier alpha value is -0.820. The molecule has 0 aliphatic heterocycles. The highest BCUT2D eigenvalue weighted by Gasteiger charge is 2.08. The Morgan fingerprint density at radius 1 is 1.67 bits per heavy atom. The van der Waals surface area contributed by atoms with Gasteiger partial charge in [0, 0.05) is 24.0 Å². The summed E-state index contributed by atoms with van der Waals surface area (Å²) < 4.78 is 0. The molecular weight excluding hydrogens is 204 g/mol. The topological polar surface area (TPSA) is 15.3 Å². The second-order valence-corrected chi connectivity index (χ2v) is 4.71. The lowest BCUT2D eigenvalue weighted by Gasteiger charge is -2.24. The molecule has 0 aliphatic carbocycles. The van der Waals surface area contributed by atoms with Crippen LogP contribution in [0.1, 0.15) is 11.8 Å². The first-order chi connectivity index (χ1) is 7.24. The summed E-state index contributed by atoms with van der Waals surface area (Å²) in [4.78, 5) is 3.73. The van der Waals surface area contributed by atoms with E-state index in [-0.39, 0.29) is 0 Å². The first-order valence-corrected chi connectivity index (χ1v) is 5.98. The predicted octanol–water partition coefficient (Wildman–Crippen LogP) is 1.79. The number of terminal acetylenes is 1. The van der Waals surface area contributed by atoms with Crippen LogP contribution in [0.2, 0.25) is 0 Å². The monoisotopic (exact) mass is 222 g/mol. The van der Waals surface area contributed by atoms with Gasteiger partial charge in [0.1, 0.15) is 0 Å². The van der Waals surface area contributed by atoms with Crippen molar-refractivity contribution in [1.82, 2.24) is 10.2 Å².